The van der Waals surface area contributed by atoms with Crippen molar-refractivity contribution < 1.29 is 27.6 Å². The molecule has 1 aromatic heterocycles. The quantitative estimate of drug-likeness (QED) is 0.793. The second kappa shape index (κ2) is 8.67. The summed E-state index contributed by atoms with van der Waals surface area (Å²) >= 11 is 1.21. The number of hydrogen-bond donors (Lipinski definition) is 1. The van der Waals surface area contributed by atoms with Gasteiger partial charge in [-0.15, -0.1) is 11.3 Å². The lowest BCUT2D eigenvalue weighted by Gasteiger charge is -2.25. The second-order valence-corrected chi connectivity index (χ2v) is 6.08. The standard InChI is InChI=1S/C14H18F3N3O3S/c1-19(2)12(22)8-20(9-14(15,16)17)11(21)5-6-18-13(23)10-4-3-7-24-10/h3-4,7H,5-6,8-9H2,1-2H3,(H,18,23). The highest BCUT2D eigenvalue weighted by Gasteiger charge is 2.34. The van der Waals surface area contributed by atoms with Crippen molar-refractivity contribution in [1.29, 1.82) is 0 Å². The number of nitrogens with one attached hydrogen (secondary N) is 1. The maximum atomic E-state index is 12.6. The molecule has 134 valence electrons. The summed E-state index contributed by atoms with van der Waals surface area (Å²) in [7, 11) is 2.78. The Morgan fingerprint density at radius 3 is 2.38 bits per heavy atom. The van der Waals surface area contributed by atoms with E-state index in [9.17, 15) is 27.6 Å². The molecule has 0 aromatic carbocycles. The monoisotopic (exact) mass is 365 g/mol. The van der Waals surface area contributed by atoms with Gasteiger partial charge in [-0.3, -0.25) is 14.4 Å². The minimum Gasteiger partial charge on any atom is -0.351 e. The smallest absolute Gasteiger partial charge is 0.351 e. The molecule has 0 radical (unpaired) electrons. The van der Waals surface area contributed by atoms with Gasteiger partial charge in [0.25, 0.3) is 5.91 Å². The summed E-state index contributed by atoms with van der Waals surface area (Å²) in [6, 6.07) is 3.27. The maximum Gasteiger partial charge on any atom is 0.406 e. The van der Waals surface area contributed by atoms with Gasteiger partial charge in [-0.25, -0.2) is 0 Å². The predicted octanol–water partition coefficient (Wildman–Crippen LogP) is 1.35. The zero-order chi connectivity index (χ0) is 18.3. The number of alkyl halides is 3. The number of amides is 3. The van der Waals surface area contributed by atoms with Crippen LogP contribution in [-0.2, 0) is 9.59 Å². The fourth-order valence-corrected chi connectivity index (χ4v) is 2.33. The van der Waals surface area contributed by atoms with Crippen LogP contribution in [0.25, 0.3) is 0 Å². The molecule has 0 atom stereocenters. The summed E-state index contributed by atoms with van der Waals surface area (Å²) in [5.41, 5.74) is 0. The molecule has 1 N–H and O–H groups in total. The summed E-state index contributed by atoms with van der Waals surface area (Å²) in [6.07, 6.45) is -4.93. The first-order valence-electron chi connectivity index (χ1n) is 6.96. The van der Waals surface area contributed by atoms with Gasteiger partial charge >= 0.3 is 6.18 Å². The van der Waals surface area contributed by atoms with E-state index in [1.54, 1.807) is 17.5 Å². The largest absolute Gasteiger partial charge is 0.406 e. The summed E-state index contributed by atoms with van der Waals surface area (Å²) in [5.74, 6) is -1.87. The van der Waals surface area contributed by atoms with Crippen LogP contribution in [0.3, 0.4) is 0 Å². The minimum absolute atomic E-state index is 0.111. The maximum absolute atomic E-state index is 12.6. The van der Waals surface area contributed by atoms with Gasteiger partial charge in [-0.2, -0.15) is 13.2 Å². The van der Waals surface area contributed by atoms with Gasteiger partial charge in [0.1, 0.15) is 13.1 Å². The van der Waals surface area contributed by atoms with Gasteiger partial charge in [0.05, 0.1) is 4.88 Å². The third kappa shape index (κ3) is 6.99. The third-order valence-electron chi connectivity index (χ3n) is 2.92. The second-order valence-electron chi connectivity index (χ2n) is 5.14. The molecule has 0 fully saturated rings. The van der Waals surface area contributed by atoms with E-state index in [-0.39, 0.29) is 13.0 Å². The highest BCUT2D eigenvalue weighted by molar-refractivity contribution is 7.12. The molecule has 1 heterocycles. The van der Waals surface area contributed by atoms with Crippen molar-refractivity contribution in [2.45, 2.75) is 12.6 Å². The number of carbonyl (C=O) groups excluding carboxylic acids is 3. The van der Waals surface area contributed by atoms with E-state index >= 15 is 0 Å². The van der Waals surface area contributed by atoms with Gasteiger partial charge in [0.2, 0.25) is 11.8 Å². The first-order valence-corrected chi connectivity index (χ1v) is 7.84. The zero-order valence-corrected chi connectivity index (χ0v) is 14.0. The molecule has 0 saturated heterocycles. The molecule has 0 aliphatic carbocycles. The lowest BCUT2D eigenvalue weighted by atomic mass is 10.3. The van der Waals surface area contributed by atoms with Crippen molar-refractivity contribution in [3.63, 3.8) is 0 Å². The van der Waals surface area contributed by atoms with E-state index in [1.807, 2.05) is 0 Å². The number of nitrogens with zero attached hydrogens (tertiary/aromatic N) is 2. The summed E-state index contributed by atoms with van der Waals surface area (Å²) in [5, 5.41) is 4.16. The van der Waals surface area contributed by atoms with Gasteiger partial charge in [0.15, 0.2) is 0 Å². The Bertz CT molecular complexity index is 574. The highest BCUT2D eigenvalue weighted by atomic mass is 32.1. The van der Waals surface area contributed by atoms with E-state index in [1.165, 1.54) is 25.4 Å². The van der Waals surface area contributed by atoms with Crippen LogP contribution in [0, 0.1) is 0 Å². The van der Waals surface area contributed by atoms with Crippen LogP contribution in [0.1, 0.15) is 16.1 Å². The molecule has 24 heavy (non-hydrogen) atoms. The average Bonchev–Trinajstić information content (AvgIpc) is 2.98. The molecule has 3 amide bonds. The summed E-state index contributed by atoms with van der Waals surface area (Å²) < 4.78 is 37.7. The van der Waals surface area contributed by atoms with Crippen molar-refractivity contribution in [3.8, 4) is 0 Å². The number of hydrogen-bond acceptors (Lipinski definition) is 4. The fourth-order valence-electron chi connectivity index (χ4n) is 1.69. The van der Waals surface area contributed by atoms with Crippen LogP contribution >= 0.6 is 11.3 Å². The van der Waals surface area contributed by atoms with Crippen LogP contribution in [-0.4, -0.2) is 67.4 Å². The average molecular weight is 365 g/mol. The first-order chi connectivity index (χ1) is 11.1. The highest BCUT2D eigenvalue weighted by Crippen LogP contribution is 2.17. The number of halogens is 3. The molecule has 0 aliphatic rings. The van der Waals surface area contributed by atoms with Crippen LogP contribution in [0.15, 0.2) is 17.5 Å². The Hall–Kier alpha value is -2.10. The number of carbonyl (C=O) groups is 3. The van der Waals surface area contributed by atoms with Gasteiger partial charge in [-0.1, -0.05) is 6.07 Å². The summed E-state index contributed by atoms with van der Waals surface area (Å²) in [6.45, 7) is -2.28. The van der Waals surface area contributed by atoms with E-state index in [4.69, 9.17) is 0 Å². The van der Waals surface area contributed by atoms with Crippen LogP contribution in [0.2, 0.25) is 0 Å². The van der Waals surface area contributed by atoms with E-state index in [0.717, 1.165) is 4.90 Å². The molecule has 0 saturated carbocycles. The van der Waals surface area contributed by atoms with E-state index < -0.39 is 37.0 Å². The van der Waals surface area contributed by atoms with Gasteiger partial charge < -0.3 is 15.1 Å². The first kappa shape index (κ1) is 19.9. The fraction of sp³-hybridized carbons (Fsp3) is 0.500. The zero-order valence-electron chi connectivity index (χ0n) is 13.2. The Labute approximate surface area is 141 Å². The Morgan fingerprint density at radius 1 is 1.21 bits per heavy atom. The molecular formula is C14H18F3N3O3S. The number of likely N-dealkylation sites (N-methyl/N-ethyl adjacent to an activating group) is 1. The minimum atomic E-state index is -4.61. The lowest BCUT2D eigenvalue weighted by molar-refractivity contribution is -0.164. The van der Waals surface area contributed by atoms with Gasteiger partial charge in [0, 0.05) is 27.1 Å². The van der Waals surface area contributed by atoms with Crippen molar-refractivity contribution in [2.24, 2.45) is 0 Å². The molecule has 10 heteroatoms. The lowest BCUT2D eigenvalue weighted by Crippen LogP contribution is -2.45. The Balaban J connectivity index is 2.57. The number of thiophene rings is 1. The Kier molecular flexibility index (Phi) is 7.20. The van der Waals surface area contributed by atoms with Crippen molar-refractivity contribution in [1.82, 2.24) is 15.1 Å². The SMILES string of the molecule is CN(C)C(=O)CN(CC(F)(F)F)C(=O)CCNC(=O)c1cccs1. The molecule has 0 aliphatic heterocycles. The number of rotatable bonds is 7. The van der Waals surface area contributed by atoms with E-state index in [2.05, 4.69) is 5.32 Å². The van der Waals surface area contributed by atoms with Crippen molar-refractivity contribution >= 4 is 29.1 Å². The van der Waals surface area contributed by atoms with Crippen LogP contribution < -0.4 is 5.32 Å². The van der Waals surface area contributed by atoms with Crippen molar-refractivity contribution in [3.05, 3.63) is 22.4 Å². The van der Waals surface area contributed by atoms with Crippen molar-refractivity contribution in [2.75, 3.05) is 33.7 Å². The van der Waals surface area contributed by atoms with Crippen LogP contribution in [0.5, 0.6) is 0 Å². The summed E-state index contributed by atoms with van der Waals surface area (Å²) in [4.78, 5) is 37.2. The molecule has 0 unspecified atom stereocenters. The molecule has 0 spiro atoms. The molecule has 1 rings (SSSR count). The van der Waals surface area contributed by atoms with Crippen LogP contribution in [0.4, 0.5) is 13.2 Å². The van der Waals surface area contributed by atoms with E-state index in [0.29, 0.717) is 9.78 Å². The Morgan fingerprint density at radius 2 is 1.88 bits per heavy atom. The third-order valence-corrected chi connectivity index (χ3v) is 3.79. The molecule has 1 aromatic rings. The predicted molar refractivity (Wildman–Crippen MR) is 82.6 cm³/mol. The molecule has 6 nitrogen and oxygen atoms in total. The topological polar surface area (TPSA) is 69.7 Å². The normalized spacial score (nSPS) is 11.0. The molecular weight excluding hydrogens is 347 g/mol. The van der Waals surface area contributed by atoms with Gasteiger partial charge in [-0.05, 0) is 11.4 Å². The molecule has 0 bridgehead atoms.